The van der Waals surface area contributed by atoms with Gasteiger partial charge < -0.3 is 6.15 Å². The fraction of sp³-hybridized carbons (Fsp3) is 0.750. The molecule has 0 aliphatic rings. The molecule has 0 spiro atoms. The molecule has 0 radical (unpaired) electrons. The van der Waals surface area contributed by atoms with Gasteiger partial charge in [0, 0.05) is 0 Å². The van der Waals surface area contributed by atoms with Gasteiger partial charge in [0.2, 0.25) is 0 Å². The van der Waals surface area contributed by atoms with Crippen LogP contribution in [-0.2, 0) is 14.3 Å². The minimum absolute atomic E-state index is 0. The molecule has 0 aliphatic carbocycles. The molecule has 3 N–H and O–H groups in total. The van der Waals surface area contributed by atoms with Crippen molar-refractivity contribution < 1.29 is 12.6 Å². The minimum Gasteiger partial charge on any atom is -0.344 e. The average molecular weight is 209 g/mol. The first-order valence-corrected chi connectivity index (χ1v) is 5.68. The van der Waals surface area contributed by atoms with Gasteiger partial charge in [0.05, 0.1) is 12.4 Å². The smallest absolute Gasteiger partial charge is 0.267 e. The molecule has 0 aromatic heterocycles. The summed E-state index contributed by atoms with van der Waals surface area (Å²) in [5.74, 6) is 0.120. The second kappa shape index (κ2) is 8.22. The molecule has 13 heavy (non-hydrogen) atoms. The van der Waals surface area contributed by atoms with Crippen LogP contribution in [0.1, 0.15) is 26.2 Å². The lowest BCUT2D eigenvalue weighted by Gasteiger charge is -2.01. The Kier molecular flexibility index (Phi) is 9.55. The van der Waals surface area contributed by atoms with Crippen molar-refractivity contribution in [1.29, 1.82) is 0 Å². The summed E-state index contributed by atoms with van der Waals surface area (Å²) in [5.41, 5.74) is 0. The Hall–Kier alpha value is -0.390. The largest absolute Gasteiger partial charge is 0.344 e. The van der Waals surface area contributed by atoms with Crippen LogP contribution in [0.25, 0.3) is 0 Å². The Labute approximate surface area is 80.7 Å². The van der Waals surface area contributed by atoms with Crippen LogP contribution in [0.3, 0.4) is 0 Å². The number of hydrogen-bond acceptors (Lipinski definition) is 4. The van der Waals surface area contributed by atoms with Gasteiger partial charge in [-0.15, -0.1) is 6.58 Å². The van der Waals surface area contributed by atoms with Gasteiger partial charge in [0.15, 0.2) is 0 Å². The Morgan fingerprint density at radius 2 is 2.00 bits per heavy atom. The summed E-state index contributed by atoms with van der Waals surface area (Å²) >= 11 is 0. The van der Waals surface area contributed by atoms with Crippen molar-refractivity contribution in [2.75, 3.05) is 12.4 Å². The quantitative estimate of drug-likeness (QED) is 0.394. The molecule has 0 rings (SSSR count). The molecule has 0 aromatic carbocycles. The van der Waals surface area contributed by atoms with Crippen molar-refractivity contribution in [1.82, 2.24) is 6.15 Å². The monoisotopic (exact) mass is 209 g/mol. The first kappa shape index (κ1) is 15.1. The highest BCUT2D eigenvalue weighted by Gasteiger charge is 2.08. The lowest BCUT2D eigenvalue weighted by atomic mass is 10.3. The molecule has 4 nitrogen and oxygen atoms in total. The van der Waals surface area contributed by atoms with Crippen LogP contribution in [0.15, 0.2) is 12.7 Å². The minimum atomic E-state index is -3.29. The maximum atomic E-state index is 11.0. The first-order valence-electron chi connectivity index (χ1n) is 4.10. The molecule has 5 heteroatoms. The van der Waals surface area contributed by atoms with Crippen molar-refractivity contribution >= 4 is 10.1 Å². The Morgan fingerprint density at radius 1 is 1.38 bits per heavy atom. The Bertz CT molecular complexity index is 211. The zero-order chi connectivity index (χ0) is 9.45. The second-order valence-electron chi connectivity index (χ2n) is 2.54. The van der Waals surface area contributed by atoms with Crippen molar-refractivity contribution in [2.45, 2.75) is 26.2 Å². The molecule has 0 fully saturated rings. The van der Waals surface area contributed by atoms with Gasteiger partial charge in [0.1, 0.15) is 0 Å². The summed E-state index contributed by atoms with van der Waals surface area (Å²) in [6.45, 7) is 5.47. The van der Waals surface area contributed by atoms with E-state index in [1.165, 1.54) is 6.08 Å². The van der Waals surface area contributed by atoms with Gasteiger partial charge in [-0.3, -0.25) is 4.18 Å². The maximum absolute atomic E-state index is 11.0. The van der Waals surface area contributed by atoms with Crippen LogP contribution >= 0.6 is 0 Å². The third kappa shape index (κ3) is 9.52. The fourth-order valence-electron chi connectivity index (χ4n) is 0.740. The van der Waals surface area contributed by atoms with Crippen LogP contribution in [-0.4, -0.2) is 20.8 Å². The van der Waals surface area contributed by atoms with E-state index < -0.39 is 10.1 Å². The summed E-state index contributed by atoms with van der Waals surface area (Å²) in [6.07, 6.45) is 4.04. The first-order chi connectivity index (χ1) is 5.62. The highest BCUT2D eigenvalue weighted by molar-refractivity contribution is 7.86. The third-order valence-electron chi connectivity index (χ3n) is 1.36. The molecular formula is C8H19NO3S. The SMILES string of the molecule is C=CCOS(=O)(=O)CCCCC.N. The zero-order valence-corrected chi connectivity index (χ0v) is 8.98. The van der Waals surface area contributed by atoms with Gasteiger partial charge >= 0.3 is 0 Å². The van der Waals surface area contributed by atoms with E-state index in [1.54, 1.807) is 0 Å². The van der Waals surface area contributed by atoms with Crippen molar-refractivity contribution in [2.24, 2.45) is 0 Å². The van der Waals surface area contributed by atoms with Crippen molar-refractivity contribution in [3.63, 3.8) is 0 Å². The van der Waals surface area contributed by atoms with Crippen molar-refractivity contribution in [3.8, 4) is 0 Å². The van der Waals surface area contributed by atoms with Gasteiger partial charge in [-0.25, -0.2) is 0 Å². The van der Waals surface area contributed by atoms with E-state index in [0.717, 1.165) is 12.8 Å². The number of hydrogen-bond donors (Lipinski definition) is 1. The summed E-state index contributed by atoms with van der Waals surface area (Å²) in [7, 11) is -3.29. The summed E-state index contributed by atoms with van der Waals surface area (Å²) in [6, 6.07) is 0. The van der Waals surface area contributed by atoms with Crippen LogP contribution in [0.4, 0.5) is 0 Å². The molecule has 0 saturated carbocycles. The highest BCUT2D eigenvalue weighted by atomic mass is 32.2. The fourth-order valence-corrected chi connectivity index (χ4v) is 1.72. The molecule has 80 valence electrons. The van der Waals surface area contributed by atoms with E-state index in [1.807, 2.05) is 6.92 Å². The molecule has 0 bridgehead atoms. The predicted molar refractivity (Wildman–Crippen MR) is 54.5 cm³/mol. The van der Waals surface area contributed by atoms with Crippen LogP contribution in [0, 0.1) is 0 Å². The van der Waals surface area contributed by atoms with E-state index in [-0.39, 0.29) is 18.5 Å². The Morgan fingerprint density at radius 3 is 2.46 bits per heavy atom. The lowest BCUT2D eigenvalue weighted by Crippen LogP contribution is -2.10. The van der Waals surface area contributed by atoms with Gasteiger partial charge in [-0.2, -0.15) is 8.42 Å². The van der Waals surface area contributed by atoms with Crippen LogP contribution in [0.5, 0.6) is 0 Å². The normalized spacial score (nSPS) is 10.5. The molecule has 0 amide bonds. The summed E-state index contributed by atoms with van der Waals surface area (Å²) in [4.78, 5) is 0. The van der Waals surface area contributed by atoms with Gasteiger partial charge in [-0.05, 0) is 6.42 Å². The van der Waals surface area contributed by atoms with E-state index in [0.29, 0.717) is 6.42 Å². The van der Waals surface area contributed by atoms with E-state index in [4.69, 9.17) is 0 Å². The molecule has 0 unspecified atom stereocenters. The van der Waals surface area contributed by atoms with Crippen molar-refractivity contribution in [3.05, 3.63) is 12.7 Å². The lowest BCUT2D eigenvalue weighted by molar-refractivity contribution is 0.356. The summed E-state index contributed by atoms with van der Waals surface area (Å²) in [5, 5.41) is 0. The molecule has 0 aliphatic heterocycles. The Balaban J connectivity index is 0. The molecule has 0 saturated heterocycles. The van der Waals surface area contributed by atoms with Gasteiger partial charge in [0.25, 0.3) is 10.1 Å². The molecular weight excluding hydrogens is 190 g/mol. The van der Waals surface area contributed by atoms with Gasteiger partial charge in [-0.1, -0.05) is 25.8 Å². The number of rotatable bonds is 7. The van der Waals surface area contributed by atoms with Crippen LogP contribution in [0.2, 0.25) is 0 Å². The topological polar surface area (TPSA) is 78.4 Å². The van der Waals surface area contributed by atoms with E-state index in [2.05, 4.69) is 10.8 Å². The second-order valence-corrected chi connectivity index (χ2v) is 4.30. The zero-order valence-electron chi connectivity index (χ0n) is 8.16. The number of unbranched alkanes of at least 4 members (excludes halogenated alkanes) is 2. The maximum Gasteiger partial charge on any atom is 0.267 e. The van der Waals surface area contributed by atoms with Crippen LogP contribution < -0.4 is 6.15 Å². The van der Waals surface area contributed by atoms with E-state index in [9.17, 15) is 8.42 Å². The standard InChI is InChI=1S/C8H16O3S.H3N/c1-3-5-6-8-12(9,10)11-7-4-2;/h4H,2-3,5-8H2,1H3;1H3. The van der Waals surface area contributed by atoms with E-state index >= 15 is 0 Å². The third-order valence-corrected chi connectivity index (χ3v) is 2.65. The molecule has 0 atom stereocenters. The average Bonchev–Trinajstić information content (AvgIpc) is 2.01. The summed E-state index contributed by atoms with van der Waals surface area (Å²) < 4.78 is 26.6. The molecule has 0 aromatic rings. The highest BCUT2D eigenvalue weighted by Crippen LogP contribution is 2.01. The predicted octanol–water partition coefficient (Wildman–Crippen LogP) is 1.87. The molecule has 0 heterocycles.